The number of rotatable bonds is 4. The molecule has 2 heterocycles. The summed E-state index contributed by atoms with van der Waals surface area (Å²) >= 11 is 0. The Morgan fingerprint density at radius 3 is 2.77 bits per heavy atom. The summed E-state index contributed by atoms with van der Waals surface area (Å²) in [6, 6.07) is 7.10. The third-order valence-electron chi connectivity index (χ3n) is 4.54. The van der Waals surface area contributed by atoms with Crippen molar-refractivity contribution < 1.29 is 9.90 Å². The van der Waals surface area contributed by atoms with Crippen LogP contribution in [-0.2, 0) is 19.5 Å². The quantitative estimate of drug-likeness (QED) is 0.907. The lowest BCUT2D eigenvalue weighted by molar-refractivity contribution is 0.0697. The number of fused-ring (bicyclic) bond motifs is 1. The van der Waals surface area contributed by atoms with Crippen molar-refractivity contribution in [1.82, 2.24) is 15.1 Å². The summed E-state index contributed by atoms with van der Waals surface area (Å²) in [7, 11) is 0. The highest BCUT2D eigenvalue weighted by atomic mass is 16.4. The number of aromatic carboxylic acids is 1. The van der Waals surface area contributed by atoms with Crippen molar-refractivity contribution in [3.05, 3.63) is 52.3 Å². The number of carboxylic acids is 1. The second-order valence-corrected chi connectivity index (χ2v) is 6.17. The number of carbonyl (C=O) groups is 1. The molecule has 1 fully saturated rings. The Balaban J connectivity index is 1.63. The Hall–Kier alpha value is -2.14. The van der Waals surface area contributed by atoms with Crippen LogP contribution in [0.3, 0.4) is 0 Å². The zero-order valence-corrected chi connectivity index (χ0v) is 12.4. The van der Waals surface area contributed by atoms with E-state index in [1.54, 1.807) is 12.1 Å². The van der Waals surface area contributed by atoms with Crippen LogP contribution in [0.15, 0.2) is 24.3 Å². The lowest BCUT2D eigenvalue weighted by atomic mass is 10.0. The number of carboxylic acid groups (broad SMARTS) is 1. The van der Waals surface area contributed by atoms with Crippen LogP contribution in [0.2, 0.25) is 0 Å². The van der Waals surface area contributed by atoms with Crippen molar-refractivity contribution in [1.29, 1.82) is 0 Å². The fourth-order valence-corrected chi connectivity index (χ4v) is 3.19. The van der Waals surface area contributed by atoms with E-state index in [9.17, 15) is 4.79 Å². The summed E-state index contributed by atoms with van der Waals surface area (Å²) in [6.45, 7) is 2.65. The third-order valence-corrected chi connectivity index (χ3v) is 4.54. The maximum atomic E-state index is 10.9. The van der Waals surface area contributed by atoms with Crippen molar-refractivity contribution in [2.24, 2.45) is 0 Å². The van der Waals surface area contributed by atoms with E-state index in [2.05, 4.69) is 10.00 Å². The number of nitrogens with zero attached hydrogens (tertiary/aromatic N) is 2. The van der Waals surface area contributed by atoms with E-state index in [0.717, 1.165) is 31.6 Å². The molecule has 0 saturated heterocycles. The van der Waals surface area contributed by atoms with Gasteiger partial charge in [-0.1, -0.05) is 12.1 Å². The van der Waals surface area contributed by atoms with Gasteiger partial charge in [-0.2, -0.15) is 5.10 Å². The minimum absolute atomic E-state index is 0.328. The SMILES string of the molecule is O=C(O)c1ccc(Cn2nc(C3CC3)c3c2CCNC3)cc1. The Labute approximate surface area is 129 Å². The molecule has 2 aliphatic rings. The van der Waals surface area contributed by atoms with Crippen LogP contribution in [0, 0.1) is 0 Å². The molecule has 0 atom stereocenters. The Kier molecular flexibility index (Phi) is 3.22. The summed E-state index contributed by atoms with van der Waals surface area (Å²) < 4.78 is 2.12. The normalized spacial score (nSPS) is 17.3. The van der Waals surface area contributed by atoms with Gasteiger partial charge in [-0.3, -0.25) is 4.68 Å². The van der Waals surface area contributed by atoms with Gasteiger partial charge >= 0.3 is 5.97 Å². The molecule has 4 rings (SSSR count). The average Bonchev–Trinajstić information content (AvgIpc) is 3.32. The molecule has 0 unspecified atom stereocenters. The predicted octanol–water partition coefficient (Wildman–Crippen LogP) is 2.15. The van der Waals surface area contributed by atoms with Crippen molar-refractivity contribution in [2.45, 2.75) is 38.3 Å². The summed E-state index contributed by atoms with van der Waals surface area (Å²) in [5.41, 5.74) is 5.45. The first-order chi connectivity index (χ1) is 10.7. The standard InChI is InChI=1S/C17H19N3O2/c21-17(22)13-3-1-11(2-4-13)10-20-15-7-8-18-9-14(15)16(19-20)12-5-6-12/h1-4,12,18H,5-10H2,(H,21,22). The molecular weight excluding hydrogens is 278 g/mol. The van der Waals surface area contributed by atoms with Gasteiger partial charge in [-0.25, -0.2) is 4.79 Å². The molecular formula is C17H19N3O2. The van der Waals surface area contributed by atoms with E-state index < -0.39 is 5.97 Å². The van der Waals surface area contributed by atoms with Crippen LogP contribution in [0.25, 0.3) is 0 Å². The van der Waals surface area contributed by atoms with Gasteiger partial charge in [-0.05, 0) is 30.5 Å². The number of hydrogen-bond donors (Lipinski definition) is 2. The molecule has 114 valence electrons. The third kappa shape index (κ3) is 2.41. The van der Waals surface area contributed by atoms with E-state index in [1.165, 1.54) is 29.8 Å². The second kappa shape index (κ2) is 5.25. The molecule has 0 spiro atoms. The van der Waals surface area contributed by atoms with Crippen LogP contribution in [0.1, 0.15) is 51.6 Å². The molecule has 1 aliphatic carbocycles. The zero-order chi connectivity index (χ0) is 15.1. The first-order valence-corrected chi connectivity index (χ1v) is 7.84. The fourth-order valence-electron chi connectivity index (χ4n) is 3.19. The number of benzene rings is 1. The van der Waals surface area contributed by atoms with E-state index in [0.29, 0.717) is 11.5 Å². The Morgan fingerprint density at radius 1 is 1.32 bits per heavy atom. The van der Waals surface area contributed by atoms with Gasteiger partial charge in [0, 0.05) is 36.7 Å². The summed E-state index contributed by atoms with van der Waals surface area (Å²) in [5.74, 6) is -0.227. The van der Waals surface area contributed by atoms with Crippen LogP contribution >= 0.6 is 0 Å². The summed E-state index contributed by atoms with van der Waals surface area (Å²) in [6.07, 6.45) is 3.54. The number of hydrogen-bond acceptors (Lipinski definition) is 3. The molecule has 5 nitrogen and oxygen atoms in total. The predicted molar refractivity (Wildman–Crippen MR) is 82.1 cm³/mol. The number of nitrogens with one attached hydrogen (secondary N) is 1. The second-order valence-electron chi connectivity index (χ2n) is 6.17. The topological polar surface area (TPSA) is 67.1 Å². The van der Waals surface area contributed by atoms with Crippen molar-refractivity contribution in [2.75, 3.05) is 6.54 Å². The highest BCUT2D eigenvalue weighted by molar-refractivity contribution is 5.87. The van der Waals surface area contributed by atoms with Crippen LogP contribution in [-0.4, -0.2) is 27.4 Å². The zero-order valence-electron chi connectivity index (χ0n) is 12.4. The maximum absolute atomic E-state index is 10.9. The first kappa shape index (κ1) is 13.5. The minimum atomic E-state index is -0.884. The highest BCUT2D eigenvalue weighted by Crippen LogP contribution is 2.42. The lowest BCUT2D eigenvalue weighted by Gasteiger charge is -2.15. The van der Waals surface area contributed by atoms with E-state index in [1.807, 2.05) is 12.1 Å². The molecule has 2 aromatic rings. The highest BCUT2D eigenvalue weighted by Gasteiger charge is 2.32. The largest absolute Gasteiger partial charge is 0.478 e. The first-order valence-electron chi connectivity index (χ1n) is 7.84. The molecule has 5 heteroatoms. The molecule has 1 aromatic heterocycles. The van der Waals surface area contributed by atoms with E-state index in [4.69, 9.17) is 10.2 Å². The Bertz CT molecular complexity index is 714. The lowest BCUT2D eigenvalue weighted by Crippen LogP contribution is -2.25. The van der Waals surface area contributed by atoms with Gasteiger partial charge in [-0.15, -0.1) is 0 Å². The smallest absolute Gasteiger partial charge is 0.335 e. The van der Waals surface area contributed by atoms with Crippen molar-refractivity contribution >= 4 is 5.97 Å². The molecule has 1 aliphatic heterocycles. The van der Waals surface area contributed by atoms with Gasteiger partial charge < -0.3 is 10.4 Å². The van der Waals surface area contributed by atoms with Gasteiger partial charge in [0.05, 0.1) is 17.8 Å². The molecule has 0 amide bonds. The molecule has 2 N–H and O–H groups in total. The summed E-state index contributed by atoms with van der Waals surface area (Å²) in [5, 5.41) is 17.3. The maximum Gasteiger partial charge on any atom is 0.335 e. The minimum Gasteiger partial charge on any atom is -0.478 e. The van der Waals surface area contributed by atoms with E-state index >= 15 is 0 Å². The van der Waals surface area contributed by atoms with Gasteiger partial charge in [0.2, 0.25) is 0 Å². The molecule has 0 bridgehead atoms. The van der Waals surface area contributed by atoms with Crippen LogP contribution in [0.5, 0.6) is 0 Å². The fraction of sp³-hybridized carbons (Fsp3) is 0.412. The van der Waals surface area contributed by atoms with Crippen LogP contribution in [0.4, 0.5) is 0 Å². The van der Waals surface area contributed by atoms with Crippen molar-refractivity contribution in [3.8, 4) is 0 Å². The summed E-state index contributed by atoms with van der Waals surface area (Å²) in [4.78, 5) is 10.9. The molecule has 1 saturated carbocycles. The Morgan fingerprint density at radius 2 is 2.09 bits per heavy atom. The van der Waals surface area contributed by atoms with Crippen LogP contribution < -0.4 is 5.32 Å². The monoisotopic (exact) mass is 297 g/mol. The molecule has 22 heavy (non-hydrogen) atoms. The molecule has 1 aromatic carbocycles. The molecule has 0 radical (unpaired) electrons. The van der Waals surface area contributed by atoms with Gasteiger partial charge in [0.1, 0.15) is 0 Å². The van der Waals surface area contributed by atoms with Crippen molar-refractivity contribution in [3.63, 3.8) is 0 Å². The van der Waals surface area contributed by atoms with Gasteiger partial charge in [0.25, 0.3) is 0 Å². The number of aromatic nitrogens is 2. The average molecular weight is 297 g/mol. The van der Waals surface area contributed by atoms with Gasteiger partial charge in [0.15, 0.2) is 0 Å². The van der Waals surface area contributed by atoms with E-state index in [-0.39, 0.29) is 0 Å².